The van der Waals surface area contributed by atoms with Crippen LogP contribution in [0.1, 0.15) is 11.1 Å². The van der Waals surface area contributed by atoms with Crippen molar-refractivity contribution in [3.63, 3.8) is 0 Å². The maximum Gasteiger partial charge on any atom is 0.0541 e. The van der Waals surface area contributed by atoms with E-state index in [1.807, 2.05) is 0 Å². The molecule has 0 unspecified atom stereocenters. The third-order valence-corrected chi connectivity index (χ3v) is 7.18. The summed E-state index contributed by atoms with van der Waals surface area (Å²) in [6.07, 6.45) is 0. The molecule has 2 heterocycles. The molecule has 34 heavy (non-hydrogen) atoms. The number of nitrogens with zero attached hydrogens (tertiary/aromatic N) is 1. The number of aryl methyl sites for hydroxylation is 2. The minimum Gasteiger partial charge on any atom is -0.355 e. The highest BCUT2D eigenvalue weighted by Crippen LogP contribution is 2.36. The Balaban J connectivity index is 1.45. The molecule has 162 valence electrons. The molecule has 0 aliphatic rings. The van der Waals surface area contributed by atoms with Gasteiger partial charge in [-0.15, -0.1) is 0 Å². The Morgan fingerprint density at radius 2 is 1.15 bits per heavy atom. The maximum atomic E-state index is 3.54. The van der Waals surface area contributed by atoms with E-state index in [0.29, 0.717) is 0 Å². The summed E-state index contributed by atoms with van der Waals surface area (Å²) in [5.41, 5.74) is 11.2. The zero-order valence-electron chi connectivity index (χ0n) is 19.3. The standard InChI is InChI=1S/C32H24N2/c1-20-18-32(34-30-13-7-4-10-24(30)25-11-5-8-14-31(25)34)21(2)17-26(20)22-15-16-29-27(19-22)23-9-3-6-12-28(23)33-29/h3-19,33H,1-2H3. The third kappa shape index (κ3) is 2.69. The monoisotopic (exact) mass is 436 g/mol. The summed E-state index contributed by atoms with van der Waals surface area (Å²) in [7, 11) is 0. The molecule has 0 amide bonds. The van der Waals surface area contributed by atoms with Gasteiger partial charge in [-0.3, -0.25) is 0 Å². The fourth-order valence-electron chi connectivity index (χ4n) is 5.55. The van der Waals surface area contributed by atoms with E-state index in [0.717, 1.165) is 0 Å². The van der Waals surface area contributed by atoms with Gasteiger partial charge in [-0.05, 0) is 78.6 Å². The summed E-state index contributed by atoms with van der Waals surface area (Å²) < 4.78 is 2.42. The molecule has 7 rings (SSSR count). The molecule has 0 radical (unpaired) electrons. The number of aromatic amines is 1. The lowest BCUT2D eigenvalue weighted by Gasteiger charge is -2.16. The fourth-order valence-corrected chi connectivity index (χ4v) is 5.55. The van der Waals surface area contributed by atoms with Gasteiger partial charge in [0.15, 0.2) is 0 Å². The van der Waals surface area contributed by atoms with Crippen LogP contribution >= 0.6 is 0 Å². The van der Waals surface area contributed by atoms with Crippen LogP contribution in [0, 0.1) is 13.8 Å². The molecule has 0 aliphatic carbocycles. The number of nitrogens with one attached hydrogen (secondary N) is 1. The fraction of sp³-hybridized carbons (Fsp3) is 0.0625. The molecule has 7 aromatic rings. The van der Waals surface area contributed by atoms with E-state index in [1.165, 1.54) is 71.6 Å². The first-order valence-corrected chi connectivity index (χ1v) is 11.8. The smallest absolute Gasteiger partial charge is 0.0541 e. The Kier molecular flexibility index (Phi) is 4.01. The Bertz CT molecular complexity index is 1830. The van der Waals surface area contributed by atoms with Crippen molar-refractivity contribution in [2.75, 3.05) is 0 Å². The van der Waals surface area contributed by atoms with Crippen LogP contribution in [0.5, 0.6) is 0 Å². The Labute approximate surface area is 198 Å². The lowest BCUT2D eigenvalue weighted by atomic mass is 9.95. The maximum absolute atomic E-state index is 3.54. The number of fused-ring (bicyclic) bond motifs is 6. The summed E-state index contributed by atoms with van der Waals surface area (Å²) in [4.78, 5) is 3.54. The predicted octanol–water partition coefficient (Wildman–Crippen LogP) is 8.70. The normalized spacial score (nSPS) is 11.8. The number of hydrogen-bond acceptors (Lipinski definition) is 0. The summed E-state index contributed by atoms with van der Waals surface area (Å²) in [6, 6.07) is 37.4. The van der Waals surface area contributed by atoms with E-state index in [9.17, 15) is 0 Å². The molecule has 0 saturated heterocycles. The molecule has 0 aliphatic heterocycles. The Morgan fingerprint density at radius 1 is 0.529 bits per heavy atom. The molecule has 2 heteroatoms. The largest absolute Gasteiger partial charge is 0.355 e. The first-order valence-electron chi connectivity index (χ1n) is 11.8. The number of benzene rings is 5. The van der Waals surface area contributed by atoms with Crippen LogP contribution in [0.15, 0.2) is 103 Å². The second-order valence-electron chi connectivity index (χ2n) is 9.25. The molecule has 0 fully saturated rings. The summed E-state index contributed by atoms with van der Waals surface area (Å²) in [5, 5.41) is 5.14. The first kappa shape index (κ1) is 19.2. The number of hydrogen-bond donors (Lipinski definition) is 1. The summed E-state index contributed by atoms with van der Waals surface area (Å²) >= 11 is 0. The third-order valence-electron chi connectivity index (χ3n) is 7.18. The van der Waals surface area contributed by atoms with E-state index in [-0.39, 0.29) is 0 Å². The molecule has 0 bridgehead atoms. The van der Waals surface area contributed by atoms with Crippen LogP contribution in [0.25, 0.3) is 60.4 Å². The van der Waals surface area contributed by atoms with Gasteiger partial charge in [0.25, 0.3) is 0 Å². The molecule has 5 aromatic carbocycles. The SMILES string of the molecule is Cc1cc(-n2c3ccccc3c3ccccc32)c(C)cc1-c1ccc2[nH]c3ccccc3c2c1. The average molecular weight is 437 g/mol. The second kappa shape index (κ2) is 7.10. The van der Waals surface area contributed by atoms with Crippen molar-refractivity contribution in [2.24, 2.45) is 0 Å². The van der Waals surface area contributed by atoms with E-state index in [2.05, 4.69) is 127 Å². The average Bonchev–Trinajstić information content (AvgIpc) is 3.41. The van der Waals surface area contributed by atoms with Gasteiger partial charge in [-0.1, -0.05) is 60.7 Å². The van der Waals surface area contributed by atoms with Crippen molar-refractivity contribution in [1.29, 1.82) is 0 Å². The number of rotatable bonds is 2. The first-order chi connectivity index (χ1) is 16.7. The van der Waals surface area contributed by atoms with Crippen LogP contribution in [0.3, 0.4) is 0 Å². The lowest BCUT2D eigenvalue weighted by molar-refractivity contribution is 1.14. The van der Waals surface area contributed by atoms with E-state index < -0.39 is 0 Å². The number of aromatic nitrogens is 2. The molecule has 2 nitrogen and oxygen atoms in total. The summed E-state index contributed by atoms with van der Waals surface area (Å²) in [5.74, 6) is 0. The molecule has 1 N–H and O–H groups in total. The quantitative estimate of drug-likeness (QED) is 0.280. The Hall–Kier alpha value is -4.30. The molecule has 0 spiro atoms. The minimum absolute atomic E-state index is 1.18. The Morgan fingerprint density at radius 3 is 1.88 bits per heavy atom. The predicted molar refractivity (Wildman–Crippen MR) is 145 cm³/mol. The van der Waals surface area contributed by atoms with Crippen LogP contribution in [0.2, 0.25) is 0 Å². The molecular weight excluding hydrogens is 412 g/mol. The number of para-hydroxylation sites is 3. The second-order valence-corrected chi connectivity index (χ2v) is 9.25. The van der Waals surface area contributed by atoms with Crippen LogP contribution < -0.4 is 0 Å². The highest BCUT2D eigenvalue weighted by Gasteiger charge is 2.15. The van der Waals surface area contributed by atoms with Gasteiger partial charge in [0.05, 0.1) is 11.0 Å². The van der Waals surface area contributed by atoms with Gasteiger partial charge >= 0.3 is 0 Å². The van der Waals surface area contributed by atoms with Crippen LogP contribution in [0.4, 0.5) is 0 Å². The van der Waals surface area contributed by atoms with Gasteiger partial charge in [-0.25, -0.2) is 0 Å². The summed E-state index contributed by atoms with van der Waals surface area (Å²) in [6.45, 7) is 4.46. The van der Waals surface area contributed by atoms with Gasteiger partial charge < -0.3 is 9.55 Å². The highest BCUT2D eigenvalue weighted by atomic mass is 15.0. The zero-order valence-corrected chi connectivity index (χ0v) is 19.3. The van der Waals surface area contributed by atoms with Gasteiger partial charge in [0.1, 0.15) is 0 Å². The zero-order chi connectivity index (χ0) is 22.8. The van der Waals surface area contributed by atoms with Crippen molar-refractivity contribution in [2.45, 2.75) is 13.8 Å². The van der Waals surface area contributed by atoms with Gasteiger partial charge in [0, 0.05) is 38.3 Å². The van der Waals surface area contributed by atoms with Crippen molar-refractivity contribution < 1.29 is 0 Å². The van der Waals surface area contributed by atoms with Crippen molar-refractivity contribution in [3.05, 3.63) is 114 Å². The topological polar surface area (TPSA) is 20.7 Å². The number of H-pyrrole nitrogens is 1. The molecular formula is C32H24N2. The lowest BCUT2D eigenvalue weighted by Crippen LogP contribution is -1.99. The van der Waals surface area contributed by atoms with E-state index in [1.54, 1.807) is 0 Å². The molecule has 0 atom stereocenters. The highest BCUT2D eigenvalue weighted by molar-refractivity contribution is 6.10. The van der Waals surface area contributed by atoms with Crippen LogP contribution in [-0.2, 0) is 0 Å². The van der Waals surface area contributed by atoms with Gasteiger partial charge in [-0.2, -0.15) is 0 Å². The molecule has 2 aromatic heterocycles. The van der Waals surface area contributed by atoms with Crippen molar-refractivity contribution in [1.82, 2.24) is 9.55 Å². The molecule has 0 saturated carbocycles. The van der Waals surface area contributed by atoms with Crippen molar-refractivity contribution in [3.8, 4) is 16.8 Å². The van der Waals surface area contributed by atoms with E-state index >= 15 is 0 Å². The van der Waals surface area contributed by atoms with Crippen LogP contribution in [-0.4, -0.2) is 9.55 Å². The van der Waals surface area contributed by atoms with Crippen molar-refractivity contribution >= 4 is 43.6 Å². The van der Waals surface area contributed by atoms with E-state index in [4.69, 9.17) is 0 Å². The minimum atomic E-state index is 1.18. The van der Waals surface area contributed by atoms with Gasteiger partial charge in [0.2, 0.25) is 0 Å².